The minimum atomic E-state index is -0.0905. The molecule has 0 saturated carbocycles. The first-order chi connectivity index (χ1) is 15.0. The molecule has 1 aromatic heterocycles. The van der Waals surface area contributed by atoms with Gasteiger partial charge in [0.15, 0.2) is 0 Å². The molecule has 0 unspecified atom stereocenters. The van der Waals surface area contributed by atoms with Crippen LogP contribution >= 0.6 is 0 Å². The van der Waals surface area contributed by atoms with Gasteiger partial charge in [0.1, 0.15) is 18.2 Å². The number of fused-ring (bicyclic) bond motifs is 1. The fourth-order valence-corrected chi connectivity index (χ4v) is 3.80. The van der Waals surface area contributed by atoms with E-state index in [2.05, 4.69) is 9.88 Å². The molecule has 0 aliphatic rings. The summed E-state index contributed by atoms with van der Waals surface area (Å²) in [5, 5.41) is 3.03. The van der Waals surface area contributed by atoms with E-state index in [9.17, 15) is 4.79 Å². The summed E-state index contributed by atoms with van der Waals surface area (Å²) in [4.78, 5) is 17.5. The van der Waals surface area contributed by atoms with Gasteiger partial charge >= 0.3 is 0 Å². The quantitative estimate of drug-likeness (QED) is 0.465. The molecule has 1 amide bonds. The van der Waals surface area contributed by atoms with Crippen molar-refractivity contribution in [3.63, 3.8) is 0 Å². The van der Waals surface area contributed by atoms with Gasteiger partial charge in [0.25, 0.3) is 5.91 Å². The molecule has 0 saturated heterocycles. The second-order valence-electron chi connectivity index (χ2n) is 7.78. The molecule has 4 aromatic rings. The lowest BCUT2D eigenvalue weighted by atomic mass is 10.1. The molecule has 0 aliphatic carbocycles. The maximum Gasteiger partial charge on any atom is 0.251 e. The second-order valence-corrected chi connectivity index (χ2v) is 7.78. The molecule has 0 spiro atoms. The smallest absolute Gasteiger partial charge is 0.251 e. The highest BCUT2D eigenvalue weighted by atomic mass is 16.5. The molecule has 1 N–H and O–H groups in total. The number of rotatable bonds is 7. The maximum absolute atomic E-state index is 12.7. The first-order valence-corrected chi connectivity index (χ1v) is 10.5. The van der Waals surface area contributed by atoms with Gasteiger partial charge in [0.2, 0.25) is 0 Å². The van der Waals surface area contributed by atoms with Crippen LogP contribution in [0.4, 0.5) is 0 Å². The van der Waals surface area contributed by atoms with Gasteiger partial charge in [-0.15, -0.1) is 0 Å². The number of aryl methyl sites for hydroxylation is 3. The van der Waals surface area contributed by atoms with E-state index in [4.69, 9.17) is 9.72 Å². The molecule has 0 atom stereocenters. The number of hydrogen-bond acceptors (Lipinski definition) is 3. The molecule has 158 valence electrons. The van der Waals surface area contributed by atoms with Crippen molar-refractivity contribution >= 4 is 16.9 Å². The van der Waals surface area contributed by atoms with Crippen molar-refractivity contribution in [2.75, 3.05) is 6.61 Å². The number of imidazole rings is 1. The number of carbonyl (C=O) groups is 1. The molecule has 4 rings (SSSR count). The average molecular weight is 414 g/mol. The molecule has 1 heterocycles. The van der Waals surface area contributed by atoms with Crippen LogP contribution in [0.2, 0.25) is 0 Å². The van der Waals surface area contributed by atoms with E-state index in [0.717, 1.165) is 39.3 Å². The lowest BCUT2D eigenvalue weighted by Crippen LogP contribution is -2.26. The maximum atomic E-state index is 12.7. The van der Waals surface area contributed by atoms with Crippen molar-refractivity contribution in [1.82, 2.24) is 14.9 Å². The largest absolute Gasteiger partial charge is 0.491 e. The Balaban J connectivity index is 1.50. The average Bonchev–Trinajstić information content (AvgIpc) is 3.11. The highest BCUT2D eigenvalue weighted by Crippen LogP contribution is 2.19. The highest BCUT2D eigenvalue weighted by molar-refractivity contribution is 5.95. The van der Waals surface area contributed by atoms with Crippen molar-refractivity contribution in [1.29, 1.82) is 0 Å². The van der Waals surface area contributed by atoms with Crippen molar-refractivity contribution in [3.05, 3.63) is 94.8 Å². The third-order valence-electron chi connectivity index (χ3n) is 5.43. The summed E-state index contributed by atoms with van der Waals surface area (Å²) in [7, 11) is 0. The third-order valence-corrected chi connectivity index (χ3v) is 5.43. The van der Waals surface area contributed by atoms with Crippen LogP contribution in [0.15, 0.2) is 66.7 Å². The monoisotopic (exact) mass is 413 g/mol. The number of amides is 1. The van der Waals surface area contributed by atoms with E-state index in [1.807, 2.05) is 87.5 Å². The number of benzene rings is 3. The number of nitrogens with one attached hydrogen (secondary N) is 1. The SMILES string of the molecule is Cc1ccc(C(=O)NCc2nc3ccccc3n2CCOc2ccccc2C)c(C)c1. The first-order valence-electron chi connectivity index (χ1n) is 10.5. The number of nitrogens with zero attached hydrogens (tertiary/aromatic N) is 2. The standard InChI is InChI=1S/C26H27N3O2/c1-18-12-13-21(20(3)16-18)26(30)27-17-25-28-22-9-5-6-10-23(22)29(25)14-15-31-24-11-7-4-8-19(24)2/h4-13,16H,14-15,17H2,1-3H3,(H,27,30). The summed E-state index contributed by atoms with van der Waals surface area (Å²) in [5.74, 6) is 1.61. The van der Waals surface area contributed by atoms with Gasteiger partial charge in [-0.1, -0.05) is 48.0 Å². The fraction of sp³-hybridized carbons (Fsp3) is 0.231. The van der Waals surface area contributed by atoms with Crippen molar-refractivity contribution in [2.45, 2.75) is 33.9 Å². The number of hydrogen-bond donors (Lipinski definition) is 1. The Morgan fingerprint density at radius 3 is 2.55 bits per heavy atom. The van der Waals surface area contributed by atoms with Gasteiger partial charge in [-0.25, -0.2) is 4.98 Å². The van der Waals surface area contributed by atoms with Gasteiger partial charge < -0.3 is 14.6 Å². The summed E-state index contributed by atoms with van der Waals surface area (Å²) < 4.78 is 8.12. The topological polar surface area (TPSA) is 56.2 Å². The Kier molecular flexibility index (Phi) is 6.03. The fourth-order valence-electron chi connectivity index (χ4n) is 3.80. The summed E-state index contributed by atoms with van der Waals surface area (Å²) in [6, 6.07) is 21.9. The molecule has 5 nitrogen and oxygen atoms in total. The molecular formula is C26H27N3O2. The number of aromatic nitrogens is 2. The van der Waals surface area contributed by atoms with Crippen molar-refractivity contribution in [3.8, 4) is 5.75 Å². The van der Waals surface area contributed by atoms with Crippen molar-refractivity contribution < 1.29 is 9.53 Å². The summed E-state index contributed by atoms with van der Waals surface area (Å²) in [6.45, 7) is 7.53. The minimum absolute atomic E-state index is 0.0905. The summed E-state index contributed by atoms with van der Waals surface area (Å²) >= 11 is 0. The van der Waals surface area contributed by atoms with Crippen LogP contribution in [0.25, 0.3) is 11.0 Å². The second kappa shape index (κ2) is 9.04. The van der Waals surface area contributed by atoms with Crippen LogP contribution in [0.5, 0.6) is 5.75 Å². The molecule has 0 radical (unpaired) electrons. The van der Waals surface area contributed by atoms with Gasteiger partial charge in [-0.2, -0.15) is 0 Å². The lowest BCUT2D eigenvalue weighted by molar-refractivity contribution is 0.0949. The van der Waals surface area contributed by atoms with Gasteiger partial charge in [-0.3, -0.25) is 4.79 Å². The van der Waals surface area contributed by atoms with E-state index >= 15 is 0 Å². The molecule has 5 heteroatoms. The van der Waals surface area contributed by atoms with E-state index in [1.54, 1.807) is 0 Å². The molecule has 0 fully saturated rings. The predicted molar refractivity (Wildman–Crippen MR) is 123 cm³/mol. The zero-order valence-corrected chi connectivity index (χ0v) is 18.2. The van der Waals surface area contributed by atoms with Crippen LogP contribution in [0.3, 0.4) is 0 Å². The van der Waals surface area contributed by atoms with E-state index in [1.165, 1.54) is 0 Å². The molecule has 0 aliphatic heterocycles. The zero-order chi connectivity index (χ0) is 21.8. The predicted octanol–water partition coefficient (Wildman–Crippen LogP) is 4.97. The Morgan fingerprint density at radius 1 is 0.968 bits per heavy atom. The highest BCUT2D eigenvalue weighted by Gasteiger charge is 2.14. The van der Waals surface area contributed by atoms with Crippen LogP contribution in [0, 0.1) is 20.8 Å². The van der Waals surface area contributed by atoms with Crippen LogP contribution in [0.1, 0.15) is 32.9 Å². The Morgan fingerprint density at radius 2 is 1.74 bits per heavy atom. The Labute approximate surface area is 182 Å². The Hall–Kier alpha value is -3.60. The Bertz CT molecular complexity index is 1230. The molecule has 3 aromatic carbocycles. The van der Waals surface area contributed by atoms with Crippen LogP contribution in [-0.2, 0) is 13.1 Å². The van der Waals surface area contributed by atoms with E-state index in [-0.39, 0.29) is 5.91 Å². The van der Waals surface area contributed by atoms with E-state index < -0.39 is 0 Å². The van der Waals surface area contributed by atoms with Crippen molar-refractivity contribution in [2.24, 2.45) is 0 Å². The summed E-state index contributed by atoms with van der Waals surface area (Å²) in [5.41, 5.74) is 5.86. The molecular weight excluding hydrogens is 386 g/mol. The minimum Gasteiger partial charge on any atom is -0.491 e. The molecule has 31 heavy (non-hydrogen) atoms. The third kappa shape index (κ3) is 4.61. The van der Waals surface area contributed by atoms with Gasteiger partial charge in [0.05, 0.1) is 24.1 Å². The first kappa shape index (κ1) is 20.7. The summed E-state index contributed by atoms with van der Waals surface area (Å²) in [6.07, 6.45) is 0. The lowest BCUT2D eigenvalue weighted by Gasteiger charge is -2.13. The number of para-hydroxylation sites is 3. The molecule has 0 bridgehead atoms. The van der Waals surface area contributed by atoms with Gasteiger partial charge in [0, 0.05) is 5.56 Å². The number of ether oxygens (including phenoxy) is 1. The van der Waals surface area contributed by atoms with Crippen LogP contribution in [-0.4, -0.2) is 22.1 Å². The zero-order valence-electron chi connectivity index (χ0n) is 18.2. The number of carbonyl (C=O) groups excluding carboxylic acids is 1. The van der Waals surface area contributed by atoms with Gasteiger partial charge in [-0.05, 0) is 56.2 Å². The normalized spacial score (nSPS) is 10.9. The van der Waals surface area contributed by atoms with Crippen LogP contribution < -0.4 is 10.1 Å². The van der Waals surface area contributed by atoms with E-state index in [0.29, 0.717) is 25.3 Å².